The normalized spacial score (nSPS) is 14.2. The standard InChI is InChI=1S/C24H27FN4O/c1-18-3-5-19(6-4-18)24-20(17-27(2)26-24)7-12-23(30)29-15-13-28(14-16-29)22-10-8-21(25)9-11-22/h3-6,8-11,17H,7,12-16H2,1-2H3. The molecule has 1 aliphatic rings. The summed E-state index contributed by atoms with van der Waals surface area (Å²) in [5.74, 6) is -0.0552. The van der Waals surface area contributed by atoms with Crippen LogP contribution in [0.2, 0.25) is 0 Å². The van der Waals surface area contributed by atoms with Gasteiger partial charge in [-0.1, -0.05) is 29.8 Å². The monoisotopic (exact) mass is 406 g/mol. The number of anilines is 1. The molecule has 1 aromatic heterocycles. The minimum absolute atomic E-state index is 0.174. The highest BCUT2D eigenvalue weighted by Crippen LogP contribution is 2.24. The molecule has 6 heteroatoms. The maximum Gasteiger partial charge on any atom is 0.223 e. The summed E-state index contributed by atoms with van der Waals surface area (Å²) in [6.07, 6.45) is 3.16. The van der Waals surface area contributed by atoms with Crippen molar-refractivity contribution in [2.75, 3.05) is 31.1 Å². The highest BCUT2D eigenvalue weighted by molar-refractivity contribution is 5.77. The number of carbonyl (C=O) groups excluding carboxylic acids is 1. The van der Waals surface area contributed by atoms with Crippen molar-refractivity contribution >= 4 is 11.6 Å². The van der Waals surface area contributed by atoms with E-state index in [4.69, 9.17) is 0 Å². The van der Waals surface area contributed by atoms with Crippen LogP contribution in [0.1, 0.15) is 17.5 Å². The summed E-state index contributed by atoms with van der Waals surface area (Å²) < 4.78 is 14.9. The number of benzene rings is 2. The van der Waals surface area contributed by atoms with Crippen LogP contribution in [0, 0.1) is 12.7 Å². The predicted molar refractivity (Wildman–Crippen MR) is 117 cm³/mol. The van der Waals surface area contributed by atoms with Crippen molar-refractivity contribution in [2.24, 2.45) is 7.05 Å². The van der Waals surface area contributed by atoms with Crippen LogP contribution in [0.5, 0.6) is 0 Å². The van der Waals surface area contributed by atoms with Gasteiger partial charge in [-0.15, -0.1) is 0 Å². The zero-order valence-corrected chi connectivity index (χ0v) is 17.5. The Balaban J connectivity index is 1.34. The van der Waals surface area contributed by atoms with Gasteiger partial charge in [0, 0.05) is 57.1 Å². The molecule has 3 aromatic rings. The number of carbonyl (C=O) groups is 1. The topological polar surface area (TPSA) is 41.4 Å². The fraction of sp³-hybridized carbons (Fsp3) is 0.333. The summed E-state index contributed by atoms with van der Waals surface area (Å²) in [6.45, 7) is 4.97. The molecular formula is C24H27FN4O. The molecule has 0 unspecified atom stereocenters. The van der Waals surface area contributed by atoms with Crippen molar-refractivity contribution in [2.45, 2.75) is 19.8 Å². The maximum atomic E-state index is 13.1. The fourth-order valence-electron chi connectivity index (χ4n) is 3.94. The lowest BCUT2D eigenvalue weighted by atomic mass is 10.0. The maximum absolute atomic E-state index is 13.1. The molecule has 4 rings (SSSR count). The van der Waals surface area contributed by atoms with E-state index in [-0.39, 0.29) is 11.7 Å². The number of rotatable bonds is 5. The third-order valence-corrected chi connectivity index (χ3v) is 5.66. The Bertz CT molecular complexity index is 1000. The molecule has 1 aliphatic heterocycles. The van der Waals surface area contributed by atoms with Crippen molar-refractivity contribution in [1.29, 1.82) is 0 Å². The van der Waals surface area contributed by atoms with Gasteiger partial charge in [0.2, 0.25) is 5.91 Å². The second kappa shape index (κ2) is 8.69. The second-order valence-electron chi connectivity index (χ2n) is 7.89. The van der Waals surface area contributed by atoms with Gasteiger partial charge in [0.15, 0.2) is 0 Å². The van der Waals surface area contributed by atoms with Crippen LogP contribution in [0.15, 0.2) is 54.7 Å². The third kappa shape index (κ3) is 4.53. The number of hydrogen-bond acceptors (Lipinski definition) is 3. The summed E-state index contributed by atoms with van der Waals surface area (Å²) in [4.78, 5) is 16.9. The van der Waals surface area contributed by atoms with Crippen LogP contribution in [0.4, 0.5) is 10.1 Å². The molecule has 1 amide bonds. The Hall–Kier alpha value is -3.15. The van der Waals surface area contributed by atoms with Crippen LogP contribution in [0.25, 0.3) is 11.3 Å². The highest BCUT2D eigenvalue weighted by atomic mass is 19.1. The van der Waals surface area contributed by atoms with Gasteiger partial charge >= 0.3 is 0 Å². The Kier molecular flexibility index (Phi) is 5.84. The number of nitrogens with zero attached hydrogens (tertiary/aromatic N) is 4. The van der Waals surface area contributed by atoms with Gasteiger partial charge in [0.25, 0.3) is 0 Å². The minimum Gasteiger partial charge on any atom is -0.368 e. The first-order chi connectivity index (χ1) is 14.5. The molecule has 156 valence electrons. The number of piperazine rings is 1. The minimum atomic E-state index is -0.229. The smallest absolute Gasteiger partial charge is 0.223 e. The van der Waals surface area contributed by atoms with Crippen LogP contribution >= 0.6 is 0 Å². The summed E-state index contributed by atoms with van der Waals surface area (Å²) >= 11 is 0. The van der Waals surface area contributed by atoms with Crippen LogP contribution < -0.4 is 4.90 Å². The van der Waals surface area contributed by atoms with Gasteiger partial charge in [0.05, 0.1) is 5.69 Å². The lowest BCUT2D eigenvalue weighted by molar-refractivity contribution is -0.131. The first kappa shape index (κ1) is 20.1. The Morgan fingerprint density at radius 1 is 1.00 bits per heavy atom. The van der Waals surface area contributed by atoms with E-state index in [2.05, 4.69) is 41.2 Å². The quantitative estimate of drug-likeness (QED) is 0.647. The Morgan fingerprint density at radius 3 is 2.33 bits per heavy atom. The average Bonchev–Trinajstić information content (AvgIpc) is 3.14. The number of aromatic nitrogens is 2. The number of halogens is 1. The number of aryl methyl sites for hydroxylation is 3. The summed E-state index contributed by atoms with van der Waals surface area (Å²) in [5.41, 5.74) is 5.34. The fourth-order valence-corrected chi connectivity index (χ4v) is 3.94. The van der Waals surface area contributed by atoms with E-state index >= 15 is 0 Å². The summed E-state index contributed by atoms with van der Waals surface area (Å²) in [5, 5.41) is 4.61. The van der Waals surface area contributed by atoms with Crippen molar-refractivity contribution in [3.8, 4) is 11.3 Å². The Labute approximate surface area is 176 Å². The van der Waals surface area contributed by atoms with Gasteiger partial charge in [-0.3, -0.25) is 9.48 Å². The molecule has 0 aliphatic carbocycles. The van der Waals surface area contributed by atoms with Crippen LogP contribution in [0.3, 0.4) is 0 Å². The molecule has 0 bridgehead atoms. The molecule has 0 saturated carbocycles. The van der Waals surface area contributed by atoms with Gasteiger partial charge in [0.1, 0.15) is 5.82 Å². The largest absolute Gasteiger partial charge is 0.368 e. The Morgan fingerprint density at radius 2 is 1.67 bits per heavy atom. The number of amides is 1. The van der Waals surface area contributed by atoms with E-state index in [1.54, 1.807) is 12.1 Å². The first-order valence-electron chi connectivity index (χ1n) is 10.4. The molecule has 0 atom stereocenters. The zero-order valence-electron chi connectivity index (χ0n) is 17.5. The lowest BCUT2D eigenvalue weighted by Crippen LogP contribution is -2.48. The predicted octanol–water partition coefficient (Wildman–Crippen LogP) is 3.82. The number of hydrogen-bond donors (Lipinski definition) is 0. The van der Waals surface area contributed by atoms with Gasteiger partial charge in [-0.2, -0.15) is 5.10 Å². The molecule has 30 heavy (non-hydrogen) atoms. The molecule has 2 heterocycles. The summed E-state index contributed by atoms with van der Waals surface area (Å²) in [6, 6.07) is 14.9. The third-order valence-electron chi connectivity index (χ3n) is 5.66. The summed E-state index contributed by atoms with van der Waals surface area (Å²) in [7, 11) is 1.91. The zero-order chi connectivity index (χ0) is 21.1. The van der Waals surface area contributed by atoms with Gasteiger partial charge in [-0.05, 0) is 43.2 Å². The van der Waals surface area contributed by atoms with E-state index in [0.717, 1.165) is 35.6 Å². The molecule has 1 fully saturated rings. The van der Waals surface area contributed by atoms with Crippen LogP contribution in [-0.2, 0) is 18.3 Å². The van der Waals surface area contributed by atoms with Crippen molar-refractivity contribution in [3.63, 3.8) is 0 Å². The first-order valence-corrected chi connectivity index (χ1v) is 10.4. The van der Waals surface area contributed by atoms with Crippen molar-refractivity contribution in [1.82, 2.24) is 14.7 Å². The molecule has 1 saturated heterocycles. The molecule has 0 N–H and O–H groups in total. The van der Waals surface area contributed by atoms with E-state index in [0.29, 0.717) is 25.9 Å². The van der Waals surface area contributed by atoms with Crippen LogP contribution in [-0.4, -0.2) is 46.8 Å². The molecule has 0 radical (unpaired) electrons. The van der Waals surface area contributed by atoms with E-state index in [1.807, 2.05) is 22.8 Å². The average molecular weight is 407 g/mol. The molecule has 5 nitrogen and oxygen atoms in total. The van der Waals surface area contributed by atoms with Gasteiger partial charge < -0.3 is 9.80 Å². The highest BCUT2D eigenvalue weighted by Gasteiger charge is 2.22. The van der Waals surface area contributed by atoms with Crippen molar-refractivity contribution in [3.05, 3.63) is 71.7 Å². The SMILES string of the molecule is Cc1ccc(-c2nn(C)cc2CCC(=O)N2CCN(c3ccc(F)cc3)CC2)cc1. The van der Waals surface area contributed by atoms with E-state index < -0.39 is 0 Å². The van der Waals surface area contributed by atoms with E-state index in [1.165, 1.54) is 17.7 Å². The second-order valence-corrected chi connectivity index (χ2v) is 7.89. The molecule has 0 spiro atoms. The lowest BCUT2D eigenvalue weighted by Gasteiger charge is -2.36. The van der Waals surface area contributed by atoms with Crippen molar-refractivity contribution < 1.29 is 9.18 Å². The van der Waals surface area contributed by atoms with E-state index in [9.17, 15) is 9.18 Å². The molecule has 2 aromatic carbocycles. The molecular weight excluding hydrogens is 379 g/mol. The van der Waals surface area contributed by atoms with Gasteiger partial charge in [-0.25, -0.2) is 4.39 Å².